The highest BCUT2D eigenvalue weighted by molar-refractivity contribution is 5.96. The lowest BCUT2D eigenvalue weighted by Gasteiger charge is -2.22. The first kappa shape index (κ1) is 18.8. The van der Waals surface area contributed by atoms with Gasteiger partial charge in [-0.3, -0.25) is 4.79 Å². The largest absolute Gasteiger partial charge is 0.467 e. The highest BCUT2D eigenvalue weighted by Gasteiger charge is 2.30. The van der Waals surface area contributed by atoms with Crippen molar-refractivity contribution in [2.24, 2.45) is 0 Å². The maximum absolute atomic E-state index is 12.8. The molecule has 1 aliphatic heterocycles. The van der Waals surface area contributed by atoms with Crippen molar-refractivity contribution in [2.75, 3.05) is 19.9 Å². The molecule has 0 fully saturated rings. The second-order valence-electron chi connectivity index (χ2n) is 5.77. The van der Waals surface area contributed by atoms with E-state index in [1.807, 2.05) is 0 Å². The van der Waals surface area contributed by atoms with Crippen LogP contribution in [0.4, 0.5) is 13.2 Å². The van der Waals surface area contributed by atoms with Gasteiger partial charge in [-0.1, -0.05) is 6.07 Å². The Bertz CT molecular complexity index is 826. The van der Waals surface area contributed by atoms with Crippen LogP contribution in [0.5, 0.6) is 17.4 Å². The maximum atomic E-state index is 12.8. The topological polar surface area (TPSA) is 60.9 Å². The summed E-state index contributed by atoms with van der Waals surface area (Å²) in [5.41, 5.74) is 0.778. The molecular weight excluding hydrogens is 365 g/mol. The van der Waals surface area contributed by atoms with E-state index in [1.54, 1.807) is 25.1 Å². The van der Waals surface area contributed by atoms with Crippen LogP contribution in [-0.2, 0) is 6.54 Å². The van der Waals surface area contributed by atoms with Gasteiger partial charge in [0.2, 0.25) is 12.7 Å². The van der Waals surface area contributed by atoms with Gasteiger partial charge in [-0.25, -0.2) is 4.98 Å². The van der Waals surface area contributed by atoms with Gasteiger partial charge in [0.05, 0.1) is 0 Å². The zero-order valence-corrected chi connectivity index (χ0v) is 14.5. The molecule has 1 amide bonds. The smallest absolute Gasteiger partial charge is 0.422 e. The van der Waals surface area contributed by atoms with Crippen molar-refractivity contribution in [2.45, 2.75) is 19.6 Å². The molecule has 0 saturated carbocycles. The fourth-order valence-corrected chi connectivity index (χ4v) is 2.58. The molecular formula is C18H17F3N2O4. The maximum Gasteiger partial charge on any atom is 0.422 e. The third kappa shape index (κ3) is 4.60. The fraction of sp³-hybridized carbons (Fsp3) is 0.333. The summed E-state index contributed by atoms with van der Waals surface area (Å²) >= 11 is 0. The second kappa shape index (κ2) is 7.73. The van der Waals surface area contributed by atoms with E-state index in [0.29, 0.717) is 18.0 Å². The van der Waals surface area contributed by atoms with Gasteiger partial charge >= 0.3 is 6.18 Å². The Morgan fingerprint density at radius 2 is 2.04 bits per heavy atom. The first-order chi connectivity index (χ1) is 12.9. The van der Waals surface area contributed by atoms with E-state index in [2.05, 4.69) is 4.98 Å². The standard InChI is InChI=1S/C18H17F3N2O4/c1-2-23(9-12-5-6-14-15(8-12)27-11-26-14)17(24)13-4-3-7-22-16(13)25-10-18(19,20)21/h3-8H,2,9-11H2,1H3. The normalized spacial score (nSPS) is 12.7. The molecule has 1 aromatic heterocycles. The quantitative estimate of drug-likeness (QED) is 0.766. The minimum absolute atomic E-state index is 0.0238. The van der Waals surface area contributed by atoms with E-state index in [4.69, 9.17) is 14.2 Å². The SMILES string of the molecule is CCN(Cc1ccc2c(c1)OCO2)C(=O)c1cccnc1OCC(F)(F)F. The average Bonchev–Trinajstić information content (AvgIpc) is 3.11. The van der Waals surface area contributed by atoms with E-state index in [0.717, 1.165) is 5.56 Å². The van der Waals surface area contributed by atoms with Crippen molar-refractivity contribution in [1.82, 2.24) is 9.88 Å². The molecule has 0 saturated heterocycles. The molecule has 0 atom stereocenters. The van der Waals surface area contributed by atoms with Crippen LogP contribution >= 0.6 is 0 Å². The van der Waals surface area contributed by atoms with E-state index in [1.165, 1.54) is 23.2 Å². The molecule has 0 radical (unpaired) electrons. The molecule has 3 rings (SSSR count). The summed E-state index contributed by atoms with van der Waals surface area (Å²) in [6.07, 6.45) is -3.24. The number of amides is 1. The lowest BCUT2D eigenvalue weighted by molar-refractivity contribution is -0.154. The summed E-state index contributed by atoms with van der Waals surface area (Å²) in [4.78, 5) is 18.1. The molecule has 144 valence electrons. The Morgan fingerprint density at radius 3 is 2.78 bits per heavy atom. The molecule has 0 bridgehead atoms. The number of ether oxygens (including phenoxy) is 3. The number of nitrogens with zero attached hydrogens (tertiary/aromatic N) is 2. The van der Waals surface area contributed by atoms with Crippen molar-refractivity contribution in [3.63, 3.8) is 0 Å². The summed E-state index contributed by atoms with van der Waals surface area (Å²) < 4.78 is 52.6. The Morgan fingerprint density at radius 1 is 1.26 bits per heavy atom. The van der Waals surface area contributed by atoms with Gasteiger partial charge in [0.1, 0.15) is 5.56 Å². The van der Waals surface area contributed by atoms with Gasteiger partial charge in [0, 0.05) is 19.3 Å². The number of carbonyl (C=O) groups excluding carboxylic acids is 1. The molecule has 1 aromatic carbocycles. The van der Waals surface area contributed by atoms with Crippen LogP contribution in [0.1, 0.15) is 22.8 Å². The van der Waals surface area contributed by atoms with Crippen LogP contribution < -0.4 is 14.2 Å². The van der Waals surface area contributed by atoms with Crippen molar-refractivity contribution in [3.05, 3.63) is 47.7 Å². The third-order valence-electron chi connectivity index (χ3n) is 3.85. The number of carbonyl (C=O) groups is 1. The van der Waals surface area contributed by atoms with Crippen molar-refractivity contribution >= 4 is 5.91 Å². The number of pyridine rings is 1. The van der Waals surface area contributed by atoms with E-state index in [9.17, 15) is 18.0 Å². The number of rotatable bonds is 6. The van der Waals surface area contributed by atoms with Gasteiger partial charge < -0.3 is 19.1 Å². The van der Waals surface area contributed by atoms with Crippen molar-refractivity contribution in [3.8, 4) is 17.4 Å². The zero-order valence-electron chi connectivity index (χ0n) is 14.5. The number of hydrogen-bond acceptors (Lipinski definition) is 5. The Hall–Kier alpha value is -2.97. The van der Waals surface area contributed by atoms with Crippen LogP contribution in [0.3, 0.4) is 0 Å². The summed E-state index contributed by atoms with van der Waals surface area (Å²) in [7, 11) is 0. The number of alkyl halides is 3. The van der Waals surface area contributed by atoms with Crippen LogP contribution in [0, 0.1) is 0 Å². The third-order valence-corrected chi connectivity index (χ3v) is 3.85. The van der Waals surface area contributed by atoms with E-state index >= 15 is 0 Å². The molecule has 2 aromatic rings. The predicted octanol–water partition coefficient (Wildman–Crippen LogP) is 3.41. The molecule has 0 unspecified atom stereocenters. The zero-order chi connectivity index (χ0) is 19.4. The first-order valence-electron chi connectivity index (χ1n) is 8.19. The molecule has 1 aliphatic rings. The summed E-state index contributed by atoms with van der Waals surface area (Å²) in [6, 6.07) is 8.18. The van der Waals surface area contributed by atoms with Gasteiger partial charge in [-0.2, -0.15) is 13.2 Å². The Labute approximate surface area is 153 Å². The molecule has 2 heterocycles. The highest BCUT2D eigenvalue weighted by atomic mass is 19.4. The van der Waals surface area contributed by atoms with Gasteiger partial charge in [-0.05, 0) is 36.8 Å². The van der Waals surface area contributed by atoms with Crippen LogP contribution in [-0.4, -0.2) is 41.9 Å². The number of hydrogen-bond donors (Lipinski definition) is 0. The van der Waals surface area contributed by atoms with E-state index < -0.39 is 18.7 Å². The summed E-state index contributed by atoms with van der Waals surface area (Å²) in [6.45, 7) is 1.00. The molecule has 6 nitrogen and oxygen atoms in total. The summed E-state index contributed by atoms with van der Waals surface area (Å²) in [5.74, 6) is 0.402. The molecule has 0 N–H and O–H groups in total. The Kier molecular flexibility index (Phi) is 5.38. The lowest BCUT2D eigenvalue weighted by atomic mass is 10.1. The van der Waals surface area contributed by atoms with Gasteiger partial charge in [-0.15, -0.1) is 0 Å². The number of aromatic nitrogens is 1. The second-order valence-corrected chi connectivity index (χ2v) is 5.77. The molecule has 9 heteroatoms. The van der Waals surface area contributed by atoms with E-state index in [-0.39, 0.29) is 24.8 Å². The van der Waals surface area contributed by atoms with Crippen molar-refractivity contribution in [1.29, 1.82) is 0 Å². The number of fused-ring (bicyclic) bond motifs is 1. The van der Waals surface area contributed by atoms with Crippen LogP contribution in [0.2, 0.25) is 0 Å². The van der Waals surface area contributed by atoms with Gasteiger partial charge in [0.15, 0.2) is 18.1 Å². The average molecular weight is 382 g/mol. The van der Waals surface area contributed by atoms with Crippen molar-refractivity contribution < 1.29 is 32.2 Å². The molecule has 0 spiro atoms. The fourth-order valence-electron chi connectivity index (χ4n) is 2.58. The molecule has 0 aliphatic carbocycles. The monoisotopic (exact) mass is 382 g/mol. The predicted molar refractivity (Wildman–Crippen MR) is 88.8 cm³/mol. The van der Waals surface area contributed by atoms with Crippen LogP contribution in [0.15, 0.2) is 36.5 Å². The highest BCUT2D eigenvalue weighted by Crippen LogP contribution is 2.33. The first-order valence-corrected chi connectivity index (χ1v) is 8.19. The number of benzene rings is 1. The minimum atomic E-state index is -4.52. The summed E-state index contributed by atoms with van der Waals surface area (Å²) in [5, 5.41) is 0. The minimum Gasteiger partial charge on any atom is -0.467 e. The number of halogens is 3. The lowest BCUT2D eigenvalue weighted by Crippen LogP contribution is -2.31. The van der Waals surface area contributed by atoms with Crippen LogP contribution in [0.25, 0.3) is 0 Å². The van der Waals surface area contributed by atoms with Gasteiger partial charge in [0.25, 0.3) is 5.91 Å². The molecule has 27 heavy (non-hydrogen) atoms. The Balaban J connectivity index is 1.77.